The number of aliphatic carboxylic acids is 1. The smallest absolute Gasteiger partial charge is 0.307 e. The van der Waals surface area contributed by atoms with E-state index in [0.717, 1.165) is 19.3 Å². The number of allylic oxidation sites excluding steroid dienone is 2. The fourth-order valence-electron chi connectivity index (χ4n) is 1.89. The zero-order chi connectivity index (χ0) is 15.6. The average molecular weight is 286 g/mol. The quantitative estimate of drug-likeness (QED) is 0.289. The maximum absolute atomic E-state index is 11.7. The Morgan fingerprint density at radius 2 is 1.90 bits per heavy atom. The number of likely N-dealkylation sites (N-methyl/N-ethyl adjacent to an activating group) is 1. The number of unbranched alkanes of at least 4 members (excludes halogenated alkanes) is 2. The highest BCUT2D eigenvalue weighted by molar-refractivity contribution is 5.71. The van der Waals surface area contributed by atoms with Crippen molar-refractivity contribution in [2.75, 3.05) is 27.7 Å². The van der Waals surface area contributed by atoms with Crippen LogP contribution in [0.4, 0.5) is 0 Å². The summed E-state index contributed by atoms with van der Waals surface area (Å²) in [6.45, 7) is 2.46. The molecule has 0 amide bonds. The molecule has 0 aliphatic heterocycles. The van der Waals surface area contributed by atoms with Gasteiger partial charge in [-0.1, -0.05) is 12.2 Å². The second kappa shape index (κ2) is 9.53. The van der Waals surface area contributed by atoms with E-state index in [1.165, 1.54) is 0 Å². The number of carbonyl (C=O) groups is 2. The molecule has 0 aromatic carbocycles. The standard InChI is InChI=1S/C15H27NO4/c1-5-6-7-8-9-10-15(19)20-13(11-14(17)18)12-16(2,3)4/h5-6,13H,7-12H2,1-4H3/p+1/b6-5+. The van der Waals surface area contributed by atoms with Crippen LogP contribution in [0.1, 0.15) is 39.0 Å². The first-order valence-corrected chi connectivity index (χ1v) is 7.07. The van der Waals surface area contributed by atoms with Crippen LogP contribution in [0.2, 0.25) is 0 Å². The lowest BCUT2D eigenvalue weighted by molar-refractivity contribution is -0.873. The lowest BCUT2D eigenvalue weighted by Gasteiger charge is -2.28. The monoisotopic (exact) mass is 286 g/mol. The van der Waals surface area contributed by atoms with Gasteiger partial charge in [0.15, 0.2) is 6.10 Å². The number of hydrogen-bond acceptors (Lipinski definition) is 3. The molecule has 0 fully saturated rings. The lowest BCUT2D eigenvalue weighted by Crippen LogP contribution is -2.43. The Bertz CT molecular complexity index is 331. The van der Waals surface area contributed by atoms with E-state index >= 15 is 0 Å². The van der Waals surface area contributed by atoms with Gasteiger partial charge in [0, 0.05) is 6.42 Å². The molecule has 5 heteroatoms. The molecule has 0 bridgehead atoms. The largest absolute Gasteiger partial charge is 0.481 e. The summed E-state index contributed by atoms with van der Waals surface area (Å²) in [5, 5.41) is 8.86. The van der Waals surface area contributed by atoms with Crippen LogP contribution in [0.3, 0.4) is 0 Å². The number of hydrogen-bond donors (Lipinski definition) is 1. The van der Waals surface area contributed by atoms with Gasteiger partial charge >= 0.3 is 11.9 Å². The summed E-state index contributed by atoms with van der Waals surface area (Å²) < 4.78 is 5.85. The van der Waals surface area contributed by atoms with Crippen molar-refractivity contribution >= 4 is 11.9 Å². The summed E-state index contributed by atoms with van der Waals surface area (Å²) in [5.41, 5.74) is 0. The van der Waals surface area contributed by atoms with Gasteiger partial charge in [-0.2, -0.15) is 0 Å². The molecule has 0 aliphatic rings. The number of carboxylic acid groups (broad SMARTS) is 1. The first kappa shape index (κ1) is 18.6. The zero-order valence-corrected chi connectivity index (χ0v) is 13.1. The fourth-order valence-corrected chi connectivity index (χ4v) is 1.89. The molecule has 20 heavy (non-hydrogen) atoms. The molecule has 0 rings (SSSR count). The molecule has 1 atom stereocenters. The summed E-state index contributed by atoms with van der Waals surface area (Å²) in [7, 11) is 5.83. The highest BCUT2D eigenvalue weighted by atomic mass is 16.5. The Balaban J connectivity index is 4.14. The summed E-state index contributed by atoms with van der Waals surface area (Å²) in [5.74, 6) is -1.24. The van der Waals surface area contributed by atoms with Crippen molar-refractivity contribution in [3.8, 4) is 0 Å². The van der Waals surface area contributed by atoms with Crippen molar-refractivity contribution in [1.29, 1.82) is 0 Å². The molecule has 0 heterocycles. The maximum atomic E-state index is 11.7. The molecular formula is C15H28NO4+. The first-order chi connectivity index (χ1) is 9.24. The van der Waals surface area contributed by atoms with Crippen molar-refractivity contribution in [2.24, 2.45) is 0 Å². The molecule has 0 aromatic rings. The molecule has 116 valence electrons. The number of carbonyl (C=O) groups excluding carboxylic acids is 1. The average Bonchev–Trinajstić information content (AvgIpc) is 2.25. The van der Waals surface area contributed by atoms with Gasteiger partial charge in [0.1, 0.15) is 6.54 Å². The van der Waals surface area contributed by atoms with Crippen molar-refractivity contribution < 1.29 is 23.9 Å². The molecule has 1 unspecified atom stereocenters. The van der Waals surface area contributed by atoms with Gasteiger partial charge in [0.25, 0.3) is 0 Å². The van der Waals surface area contributed by atoms with Gasteiger partial charge in [0.05, 0.1) is 27.6 Å². The van der Waals surface area contributed by atoms with Crippen LogP contribution in [0.15, 0.2) is 12.2 Å². The molecule has 0 aliphatic carbocycles. The third kappa shape index (κ3) is 11.7. The second-order valence-electron chi connectivity index (χ2n) is 6.00. The van der Waals surface area contributed by atoms with Crippen LogP contribution >= 0.6 is 0 Å². The molecule has 0 aromatic heterocycles. The highest BCUT2D eigenvalue weighted by Crippen LogP contribution is 2.09. The third-order valence-corrected chi connectivity index (χ3v) is 2.69. The Kier molecular flexibility index (Phi) is 8.88. The van der Waals surface area contributed by atoms with Crippen LogP contribution < -0.4 is 0 Å². The van der Waals surface area contributed by atoms with E-state index in [9.17, 15) is 9.59 Å². The van der Waals surface area contributed by atoms with Gasteiger partial charge in [-0.3, -0.25) is 9.59 Å². The van der Waals surface area contributed by atoms with Crippen molar-refractivity contribution in [2.45, 2.75) is 45.1 Å². The second-order valence-corrected chi connectivity index (χ2v) is 6.00. The van der Waals surface area contributed by atoms with Gasteiger partial charge in [-0.15, -0.1) is 0 Å². The maximum Gasteiger partial charge on any atom is 0.307 e. The van der Waals surface area contributed by atoms with Gasteiger partial charge in [-0.05, 0) is 26.2 Å². The van der Waals surface area contributed by atoms with E-state index in [-0.39, 0.29) is 12.4 Å². The third-order valence-electron chi connectivity index (χ3n) is 2.69. The fraction of sp³-hybridized carbons (Fsp3) is 0.733. The van der Waals surface area contributed by atoms with Crippen molar-refractivity contribution in [1.82, 2.24) is 0 Å². The summed E-state index contributed by atoms with van der Waals surface area (Å²) >= 11 is 0. The van der Waals surface area contributed by atoms with Crippen LogP contribution in [-0.2, 0) is 14.3 Å². The van der Waals surface area contributed by atoms with E-state index < -0.39 is 12.1 Å². The number of quaternary nitrogens is 1. The van der Waals surface area contributed by atoms with Gasteiger partial charge in [0.2, 0.25) is 0 Å². The number of nitrogens with zero attached hydrogens (tertiary/aromatic N) is 1. The summed E-state index contributed by atoms with van der Waals surface area (Å²) in [6, 6.07) is 0. The van der Waals surface area contributed by atoms with E-state index in [4.69, 9.17) is 9.84 Å². The minimum Gasteiger partial charge on any atom is -0.481 e. The van der Waals surface area contributed by atoms with Crippen LogP contribution in [0.5, 0.6) is 0 Å². The Labute approximate surface area is 121 Å². The molecule has 0 saturated heterocycles. The van der Waals surface area contributed by atoms with Crippen LogP contribution in [0, 0.1) is 0 Å². The topological polar surface area (TPSA) is 63.6 Å². The van der Waals surface area contributed by atoms with E-state index in [1.54, 1.807) is 0 Å². The van der Waals surface area contributed by atoms with E-state index in [2.05, 4.69) is 6.08 Å². The molecule has 0 spiro atoms. The minimum absolute atomic E-state index is 0.139. The number of carboxylic acids is 1. The predicted octanol–water partition coefficient (Wildman–Crippen LogP) is 2.22. The normalized spacial score (nSPS) is 13.4. The SMILES string of the molecule is C/C=C/CCCCC(=O)OC(CC(=O)O)C[N+](C)(C)C. The predicted molar refractivity (Wildman–Crippen MR) is 78.3 cm³/mol. The summed E-state index contributed by atoms with van der Waals surface area (Å²) in [4.78, 5) is 22.5. The summed E-state index contributed by atoms with van der Waals surface area (Å²) in [6.07, 6.45) is 6.38. The number of esters is 1. The van der Waals surface area contributed by atoms with Crippen LogP contribution in [-0.4, -0.2) is 55.3 Å². The molecule has 1 N–H and O–H groups in total. The van der Waals surface area contributed by atoms with Crippen molar-refractivity contribution in [3.63, 3.8) is 0 Å². The van der Waals surface area contributed by atoms with Crippen LogP contribution in [0.25, 0.3) is 0 Å². The van der Waals surface area contributed by atoms with E-state index in [1.807, 2.05) is 34.1 Å². The molecule has 0 radical (unpaired) electrons. The number of ether oxygens (including phenoxy) is 1. The lowest BCUT2D eigenvalue weighted by atomic mass is 10.2. The Morgan fingerprint density at radius 3 is 2.40 bits per heavy atom. The molecular weight excluding hydrogens is 258 g/mol. The number of rotatable bonds is 10. The first-order valence-electron chi connectivity index (χ1n) is 7.07. The Hall–Kier alpha value is -1.36. The van der Waals surface area contributed by atoms with E-state index in [0.29, 0.717) is 17.4 Å². The Morgan fingerprint density at radius 1 is 1.25 bits per heavy atom. The molecule has 0 saturated carbocycles. The van der Waals surface area contributed by atoms with Gasteiger partial charge in [-0.25, -0.2) is 0 Å². The molecule has 5 nitrogen and oxygen atoms in total. The zero-order valence-electron chi connectivity index (χ0n) is 13.1. The van der Waals surface area contributed by atoms with Gasteiger partial charge < -0.3 is 14.3 Å². The highest BCUT2D eigenvalue weighted by Gasteiger charge is 2.24. The minimum atomic E-state index is -0.940. The van der Waals surface area contributed by atoms with Crippen molar-refractivity contribution in [3.05, 3.63) is 12.2 Å².